The van der Waals surface area contributed by atoms with Gasteiger partial charge >= 0.3 is 0 Å². The number of likely N-dealkylation sites (tertiary alicyclic amines) is 1. The number of imide groups is 1. The number of allylic oxidation sites excluding steroid dienone is 2. The highest BCUT2D eigenvalue weighted by Gasteiger charge is 2.50. The summed E-state index contributed by atoms with van der Waals surface area (Å²) in [7, 11) is 0. The lowest BCUT2D eigenvalue weighted by molar-refractivity contribution is -0.140. The molecule has 0 radical (unpaired) electrons. The largest absolute Gasteiger partial charge is 0.278 e. The average Bonchev–Trinajstić information content (AvgIpc) is 2.65. The van der Waals surface area contributed by atoms with Gasteiger partial charge in [-0.2, -0.15) is 0 Å². The fourth-order valence-electron chi connectivity index (χ4n) is 3.42. The van der Waals surface area contributed by atoms with Crippen LogP contribution in [0.2, 0.25) is 0 Å². The van der Waals surface area contributed by atoms with Gasteiger partial charge < -0.3 is 0 Å². The van der Waals surface area contributed by atoms with Crippen LogP contribution in [0.15, 0.2) is 36.2 Å². The first-order valence-electron chi connectivity index (χ1n) is 6.99. The van der Waals surface area contributed by atoms with Gasteiger partial charge in [0.1, 0.15) is 0 Å². The highest BCUT2D eigenvalue weighted by Crippen LogP contribution is 2.41. The molecule has 2 amide bonds. The highest BCUT2D eigenvalue weighted by atomic mass is 16.2. The number of hydrogen-bond acceptors (Lipinski definition) is 3. The van der Waals surface area contributed by atoms with Crippen molar-refractivity contribution in [2.75, 3.05) is 0 Å². The molecule has 4 heteroatoms. The molecule has 4 nitrogen and oxygen atoms in total. The maximum Gasteiger partial charge on any atom is 0.234 e. The van der Waals surface area contributed by atoms with Gasteiger partial charge in [0.05, 0.1) is 18.4 Å². The topological polar surface area (TPSA) is 50.3 Å². The quantitative estimate of drug-likeness (QED) is 0.611. The summed E-state index contributed by atoms with van der Waals surface area (Å²) in [6, 6.07) is 3.71. The third-order valence-corrected chi connectivity index (χ3v) is 4.29. The second kappa shape index (κ2) is 4.85. The molecule has 0 saturated carbocycles. The Balaban J connectivity index is 1.86. The summed E-state index contributed by atoms with van der Waals surface area (Å²) in [4.78, 5) is 30.5. The van der Waals surface area contributed by atoms with Crippen molar-refractivity contribution in [2.45, 2.75) is 26.8 Å². The fraction of sp³-hybridized carbons (Fsp3) is 0.438. The van der Waals surface area contributed by atoms with Crippen LogP contribution >= 0.6 is 0 Å². The van der Waals surface area contributed by atoms with E-state index in [-0.39, 0.29) is 29.6 Å². The van der Waals surface area contributed by atoms with E-state index >= 15 is 0 Å². The number of fused-ring (bicyclic) bond motifs is 1. The third kappa shape index (κ3) is 2.05. The summed E-state index contributed by atoms with van der Waals surface area (Å²) in [5.74, 6) is -0.255. The monoisotopic (exact) mass is 270 g/mol. The van der Waals surface area contributed by atoms with Crippen molar-refractivity contribution >= 4 is 11.8 Å². The van der Waals surface area contributed by atoms with Crippen LogP contribution in [0.1, 0.15) is 25.8 Å². The molecule has 3 rings (SSSR count). The van der Waals surface area contributed by atoms with Crippen molar-refractivity contribution in [1.82, 2.24) is 9.88 Å². The third-order valence-electron chi connectivity index (χ3n) is 4.29. The minimum absolute atomic E-state index is 0.0249. The van der Waals surface area contributed by atoms with E-state index in [1.807, 2.05) is 26.0 Å². The Labute approximate surface area is 118 Å². The molecular formula is C16H18N2O2. The van der Waals surface area contributed by atoms with Crippen molar-refractivity contribution in [1.29, 1.82) is 0 Å². The summed E-state index contributed by atoms with van der Waals surface area (Å²) in [5.41, 5.74) is 2.10. The molecule has 0 spiro atoms. The molecular weight excluding hydrogens is 252 g/mol. The van der Waals surface area contributed by atoms with Crippen LogP contribution in [0.4, 0.5) is 0 Å². The molecule has 2 aliphatic rings. The molecule has 3 atom stereocenters. The van der Waals surface area contributed by atoms with Gasteiger partial charge in [-0.05, 0) is 30.9 Å². The Morgan fingerprint density at radius 3 is 2.85 bits per heavy atom. The SMILES string of the molecule is CC1=CC(C)C2C(=O)N(Cc3cccnc3)C(=O)C2C1. The Hall–Kier alpha value is -1.97. The molecule has 0 bridgehead atoms. The van der Waals surface area contributed by atoms with Gasteiger partial charge in [-0.1, -0.05) is 24.6 Å². The Morgan fingerprint density at radius 1 is 1.35 bits per heavy atom. The van der Waals surface area contributed by atoms with Crippen molar-refractivity contribution in [3.8, 4) is 0 Å². The second-order valence-corrected chi connectivity index (χ2v) is 5.83. The van der Waals surface area contributed by atoms with E-state index in [4.69, 9.17) is 0 Å². The van der Waals surface area contributed by atoms with Crippen LogP contribution in [0.5, 0.6) is 0 Å². The number of carbonyl (C=O) groups is 2. The lowest BCUT2D eigenvalue weighted by Gasteiger charge is -2.25. The number of amides is 2. The van der Waals surface area contributed by atoms with Gasteiger partial charge in [-0.25, -0.2) is 0 Å². The molecule has 1 saturated heterocycles. The minimum Gasteiger partial charge on any atom is -0.278 e. The molecule has 1 fully saturated rings. The summed E-state index contributed by atoms with van der Waals surface area (Å²) in [6.07, 6.45) is 6.23. The molecule has 1 aromatic heterocycles. The van der Waals surface area contributed by atoms with E-state index in [0.29, 0.717) is 13.0 Å². The van der Waals surface area contributed by atoms with Gasteiger partial charge in [0.25, 0.3) is 0 Å². The lowest BCUT2D eigenvalue weighted by Crippen LogP contribution is -2.31. The first-order chi connectivity index (χ1) is 9.58. The maximum atomic E-state index is 12.5. The van der Waals surface area contributed by atoms with E-state index in [1.165, 1.54) is 10.5 Å². The predicted molar refractivity (Wildman–Crippen MR) is 74.3 cm³/mol. The Morgan fingerprint density at radius 2 is 2.15 bits per heavy atom. The number of nitrogens with zero attached hydrogens (tertiary/aromatic N) is 2. The summed E-state index contributed by atoms with van der Waals surface area (Å²) < 4.78 is 0. The second-order valence-electron chi connectivity index (χ2n) is 5.83. The van der Waals surface area contributed by atoms with Crippen LogP contribution in [0, 0.1) is 17.8 Å². The summed E-state index contributed by atoms with van der Waals surface area (Å²) in [5, 5.41) is 0. The van der Waals surface area contributed by atoms with Crippen LogP contribution in [-0.4, -0.2) is 21.7 Å². The van der Waals surface area contributed by atoms with Crippen LogP contribution < -0.4 is 0 Å². The fourth-order valence-corrected chi connectivity index (χ4v) is 3.42. The van der Waals surface area contributed by atoms with Crippen molar-refractivity contribution in [2.24, 2.45) is 17.8 Å². The predicted octanol–water partition coefficient (Wildman–Crippen LogP) is 2.17. The van der Waals surface area contributed by atoms with Gasteiger partial charge in [0, 0.05) is 12.4 Å². The number of rotatable bonds is 2. The number of carbonyl (C=O) groups excluding carboxylic acids is 2. The van der Waals surface area contributed by atoms with E-state index in [1.54, 1.807) is 12.4 Å². The number of hydrogen-bond donors (Lipinski definition) is 0. The first-order valence-corrected chi connectivity index (χ1v) is 6.99. The molecule has 1 aliphatic heterocycles. The van der Waals surface area contributed by atoms with Crippen molar-refractivity contribution in [3.05, 3.63) is 41.7 Å². The van der Waals surface area contributed by atoms with Gasteiger partial charge in [-0.15, -0.1) is 0 Å². The van der Waals surface area contributed by atoms with Crippen LogP contribution in [0.25, 0.3) is 0 Å². The minimum atomic E-state index is -0.178. The van der Waals surface area contributed by atoms with Crippen molar-refractivity contribution < 1.29 is 9.59 Å². The molecule has 0 aromatic carbocycles. The van der Waals surface area contributed by atoms with E-state index in [0.717, 1.165) is 5.56 Å². The zero-order valence-corrected chi connectivity index (χ0v) is 11.7. The molecule has 1 aromatic rings. The van der Waals surface area contributed by atoms with Crippen LogP contribution in [0.3, 0.4) is 0 Å². The van der Waals surface area contributed by atoms with E-state index < -0.39 is 0 Å². The molecule has 104 valence electrons. The van der Waals surface area contributed by atoms with E-state index in [9.17, 15) is 9.59 Å². The van der Waals surface area contributed by atoms with Gasteiger partial charge in [-0.3, -0.25) is 19.5 Å². The standard InChI is InChI=1S/C16H18N2O2/c1-10-6-11(2)14-13(7-10)15(19)18(16(14)20)9-12-4-3-5-17-8-12/h3-6,8,11,13-14H,7,9H2,1-2H3. The smallest absolute Gasteiger partial charge is 0.234 e. The van der Waals surface area contributed by atoms with Gasteiger partial charge in [0.2, 0.25) is 11.8 Å². The summed E-state index contributed by atoms with van der Waals surface area (Å²) >= 11 is 0. The van der Waals surface area contributed by atoms with E-state index in [2.05, 4.69) is 11.1 Å². The maximum absolute atomic E-state index is 12.5. The molecule has 1 aliphatic carbocycles. The first kappa shape index (κ1) is 13.0. The zero-order valence-electron chi connectivity index (χ0n) is 11.7. The zero-order chi connectivity index (χ0) is 14.3. The Kier molecular flexibility index (Phi) is 3.16. The molecule has 0 N–H and O–H groups in total. The summed E-state index contributed by atoms with van der Waals surface area (Å²) in [6.45, 7) is 4.40. The molecule has 2 heterocycles. The van der Waals surface area contributed by atoms with Crippen LogP contribution in [-0.2, 0) is 16.1 Å². The highest BCUT2D eigenvalue weighted by molar-refractivity contribution is 6.05. The number of pyridine rings is 1. The normalized spacial score (nSPS) is 29.4. The van der Waals surface area contributed by atoms with Crippen molar-refractivity contribution in [3.63, 3.8) is 0 Å². The molecule has 20 heavy (non-hydrogen) atoms. The Bertz CT molecular complexity index is 579. The molecule has 3 unspecified atom stereocenters. The van der Waals surface area contributed by atoms with Gasteiger partial charge in [0.15, 0.2) is 0 Å². The lowest BCUT2D eigenvalue weighted by atomic mass is 9.76. The average molecular weight is 270 g/mol. The number of aromatic nitrogens is 1.